The third-order valence-corrected chi connectivity index (χ3v) is 5.07. The minimum Gasteiger partial charge on any atom is -0.493 e. The number of hydrogen-bond donors (Lipinski definition) is 1. The van der Waals surface area contributed by atoms with Crippen LogP contribution in [0.5, 0.6) is 11.5 Å². The summed E-state index contributed by atoms with van der Waals surface area (Å²) in [6.45, 7) is 7.87. The highest BCUT2D eigenvalue weighted by atomic mass is 127. The Balaban J connectivity index is 0.00000341. The predicted octanol–water partition coefficient (Wildman–Crippen LogP) is 3.64. The molecule has 1 aromatic carbocycles. The van der Waals surface area contributed by atoms with Crippen LogP contribution in [0.25, 0.3) is 0 Å². The third-order valence-electron chi connectivity index (χ3n) is 4.79. The quantitative estimate of drug-likeness (QED) is 0.315. The van der Waals surface area contributed by atoms with Crippen LogP contribution in [0.4, 0.5) is 0 Å². The molecule has 1 saturated heterocycles. The molecule has 31 heavy (non-hydrogen) atoms. The lowest BCUT2D eigenvalue weighted by Gasteiger charge is -2.34. The van der Waals surface area contributed by atoms with Crippen molar-refractivity contribution in [3.8, 4) is 11.5 Å². The summed E-state index contributed by atoms with van der Waals surface area (Å²) in [6, 6.07) is 3.79. The Morgan fingerprint density at radius 3 is 2.84 bits per heavy atom. The second kappa shape index (κ2) is 12.4. The number of morpholine rings is 1. The molecule has 1 aliphatic heterocycles. The van der Waals surface area contributed by atoms with Gasteiger partial charge in [0.15, 0.2) is 17.5 Å². The van der Waals surface area contributed by atoms with E-state index in [0.29, 0.717) is 42.8 Å². The number of benzene rings is 1. The number of ether oxygens (including phenoxy) is 3. The minimum absolute atomic E-state index is 0. The van der Waals surface area contributed by atoms with E-state index in [-0.39, 0.29) is 30.1 Å². The van der Waals surface area contributed by atoms with E-state index < -0.39 is 0 Å². The second-order valence-electron chi connectivity index (χ2n) is 6.96. The normalized spacial score (nSPS) is 16.6. The van der Waals surface area contributed by atoms with E-state index in [1.165, 1.54) is 0 Å². The SMILES string of the molecule is CCNC(=NCc1cc(Cl)c(OCC)c(OC)c1)N1CCOC(c2cnn(C)c2)C1.I. The molecular weight excluding hydrogens is 533 g/mol. The molecule has 0 spiro atoms. The maximum Gasteiger partial charge on any atom is 0.194 e. The Bertz CT molecular complexity index is 877. The highest BCUT2D eigenvalue weighted by molar-refractivity contribution is 14.0. The zero-order chi connectivity index (χ0) is 21.5. The lowest BCUT2D eigenvalue weighted by Crippen LogP contribution is -2.48. The number of guanidine groups is 1. The third kappa shape index (κ3) is 6.63. The molecule has 0 saturated carbocycles. The average molecular weight is 564 g/mol. The first-order valence-corrected chi connectivity index (χ1v) is 10.6. The van der Waals surface area contributed by atoms with Gasteiger partial charge in [-0.15, -0.1) is 24.0 Å². The number of nitrogens with one attached hydrogen (secondary N) is 1. The van der Waals surface area contributed by atoms with Gasteiger partial charge in [0.1, 0.15) is 6.10 Å². The number of methoxy groups -OCH3 is 1. The summed E-state index contributed by atoms with van der Waals surface area (Å²) in [7, 11) is 3.52. The van der Waals surface area contributed by atoms with Gasteiger partial charge in [0, 0.05) is 31.9 Å². The molecule has 1 aliphatic rings. The van der Waals surface area contributed by atoms with Gasteiger partial charge >= 0.3 is 0 Å². The van der Waals surface area contributed by atoms with Gasteiger partial charge in [-0.25, -0.2) is 4.99 Å². The maximum absolute atomic E-state index is 6.40. The molecule has 1 atom stereocenters. The number of rotatable bonds is 7. The van der Waals surface area contributed by atoms with Gasteiger partial charge in [-0.2, -0.15) is 5.10 Å². The molecule has 1 unspecified atom stereocenters. The van der Waals surface area contributed by atoms with E-state index in [0.717, 1.165) is 30.2 Å². The van der Waals surface area contributed by atoms with E-state index in [1.54, 1.807) is 11.8 Å². The topological polar surface area (TPSA) is 73.1 Å². The molecule has 1 N–H and O–H groups in total. The van der Waals surface area contributed by atoms with Gasteiger partial charge in [-0.1, -0.05) is 11.6 Å². The summed E-state index contributed by atoms with van der Waals surface area (Å²) in [4.78, 5) is 7.05. The van der Waals surface area contributed by atoms with Crippen LogP contribution in [0.1, 0.15) is 31.1 Å². The first kappa shape index (κ1) is 25.5. The van der Waals surface area contributed by atoms with Crippen molar-refractivity contribution < 1.29 is 14.2 Å². The summed E-state index contributed by atoms with van der Waals surface area (Å²) in [5, 5.41) is 8.16. The molecule has 0 radical (unpaired) electrons. The Morgan fingerprint density at radius 1 is 1.39 bits per heavy atom. The van der Waals surface area contributed by atoms with Crippen molar-refractivity contribution in [2.45, 2.75) is 26.5 Å². The number of hydrogen-bond acceptors (Lipinski definition) is 5. The molecular formula is C21H31ClIN5O3. The number of aromatic nitrogens is 2. The average Bonchev–Trinajstić information content (AvgIpc) is 3.19. The summed E-state index contributed by atoms with van der Waals surface area (Å²) in [5.74, 6) is 2.02. The maximum atomic E-state index is 6.40. The lowest BCUT2D eigenvalue weighted by molar-refractivity contribution is -0.00805. The minimum atomic E-state index is -0.0312. The van der Waals surface area contributed by atoms with Crippen molar-refractivity contribution in [2.24, 2.45) is 12.0 Å². The van der Waals surface area contributed by atoms with Crippen LogP contribution in [0, 0.1) is 0 Å². The van der Waals surface area contributed by atoms with Crippen LogP contribution in [0.3, 0.4) is 0 Å². The first-order chi connectivity index (χ1) is 14.5. The fourth-order valence-electron chi connectivity index (χ4n) is 3.39. The fraction of sp³-hybridized carbons (Fsp3) is 0.524. The monoisotopic (exact) mass is 563 g/mol. The molecule has 2 aromatic rings. The predicted molar refractivity (Wildman–Crippen MR) is 133 cm³/mol. The van der Waals surface area contributed by atoms with E-state index >= 15 is 0 Å². The number of aliphatic imine (C=N–C) groups is 1. The van der Waals surface area contributed by atoms with E-state index in [1.807, 2.05) is 38.5 Å². The van der Waals surface area contributed by atoms with Crippen LogP contribution < -0.4 is 14.8 Å². The molecule has 0 bridgehead atoms. The molecule has 3 rings (SSSR count). The zero-order valence-corrected chi connectivity index (χ0v) is 21.5. The number of halogens is 2. The van der Waals surface area contributed by atoms with Crippen molar-refractivity contribution >= 4 is 41.5 Å². The second-order valence-corrected chi connectivity index (χ2v) is 7.37. The summed E-state index contributed by atoms with van der Waals surface area (Å²) in [6.07, 6.45) is 3.81. The Labute approximate surface area is 205 Å². The molecule has 1 aromatic heterocycles. The van der Waals surface area contributed by atoms with Crippen LogP contribution in [-0.2, 0) is 18.3 Å². The van der Waals surface area contributed by atoms with Crippen molar-refractivity contribution in [1.29, 1.82) is 0 Å². The summed E-state index contributed by atoms with van der Waals surface area (Å²) < 4.78 is 18.8. The van der Waals surface area contributed by atoms with E-state index in [2.05, 4.69) is 22.2 Å². The lowest BCUT2D eigenvalue weighted by atomic mass is 10.1. The van der Waals surface area contributed by atoms with E-state index in [4.69, 9.17) is 30.8 Å². The molecule has 8 nitrogen and oxygen atoms in total. The Morgan fingerprint density at radius 2 is 2.19 bits per heavy atom. The smallest absolute Gasteiger partial charge is 0.194 e. The zero-order valence-electron chi connectivity index (χ0n) is 18.4. The molecule has 10 heteroatoms. The van der Waals surface area contributed by atoms with Gasteiger partial charge < -0.3 is 24.4 Å². The molecule has 0 amide bonds. The highest BCUT2D eigenvalue weighted by Gasteiger charge is 2.25. The largest absolute Gasteiger partial charge is 0.493 e. The number of aryl methyl sites for hydroxylation is 1. The summed E-state index contributed by atoms with van der Waals surface area (Å²) >= 11 is 6.40. The molecule has 1 fully saturated rings. The Hall–Kier alpha value is -1.72. The first-order valence-electron chi connectivity index (χ1n) is 10.2. The van der Waals surface area contributed by atoms with Gasteiger partial charge in [-0.3, -0.25) is 4.68 Å². The highest BCUT2D eigenvalue weighted by Crippen LogP contribution is 2.36. The van der Waals surface area contributed by atoms with Crippen LogP contribution in [-0.4, -0.2) is 60.6 Å². The van der Waals surface area contributed by atoms with Crippen molar-refractivity contribution in [3.63, 3.8) is 0 Å². The van der Waals surface area contributed by atoms with Crippen molar-refractivity contribution in [2.75, 3.05) is 40.0 Å². The van der Waals surface area contributed by atoms with Gasteiger partial charge in [0.2, 0.25) is 0 Å². The molecule has 172 valence electrons. The van der Waals surface area contributed by atoms with Gasteiger partial charge in [0.05, 0.1) is 44.6 Å². The van der Waals surface area contributed by atoms with Crippen LogP contribution >= 0.6 is 35.6 Å². The molecule has 2 heterocycles. The fourth-order valence-corrected chi connectivity index (χ4v) is 3.68. The van der Waals surface area contributed by atoms with Gasteiger partial charge in [0.25, 0.3) is 0 Å². The number of nitrogens with zero attached hydrogens (tertiary/aromatic N) is 4. The molecule has 0 aliphatic carbocycles. The van der Waals surface area contributed by atoms with Crippen LogP contribution in [0.15, 0.2) is 29.5 Å². The Kier molecular flexibility index (Phi) is 10.2. The summed E-state index contributed by atoms with van der Waals surface area (Å²) in [5.41, 5.74) is 2.02. The van der Waals surface area contributed by atoms with Crippen LogP contribution in [0.2, 0.25) is 5.02 Å². The van der Waals surface area contributed by atoms with Gasteiger partial charge in [-0.05, 0) is 31.5 Å². The van der Waals surface area contributed by atoms with Crippen molar-refractivity contribution in [3.05, 3.63) is 40.7 Å². The standard InChI is InChI=1S/C21H30ClN5O3.HI/c1-5-23-21(27-7-8-30-19(14-27)16-12-25-26(3)13-16)24-11-15-9-17(22)20(29-6-2)18(10-15)28-4;/h9-10,12-13,19H,5-8,11,14H2,1-4H3,(H,23,24);1H. The van der Waals surface area contributed by atoms with Crippen molar-refractivity contribution in [1.82, 2.24) is 20.0 Å². The van der Waals surface area contributed by atoms with E-state index in [9.17, 15) is 0 Å².